The summed E-state index contributed by atoms with van der Waals surface area (Å²) in [6.07, 6.45) is 2.35. The number of hydrogen-bond donors (Lipinski definition) is 1. The Kier molecular flexibility index (Phi) is 7.94. The number of carbonyl (C=O) groups is 2. The van der Waals surface area contributed by atoms with Crippen LogP contribution in [0.15, 0.2) is 24.4 Å². The van der Waals surface area contributed by atoms with Gasteiger partial charge in [-0.1, -0.05) is 11.6 Å². The Morgan fingerprint density at radius 1 is 1.26 bits per heavy atom. The van der Waals surface area contributed by atoms with E-state index >= 15 is 0 Å². The first kappa shape index (κ1) is 25.4. The van der Waals surface area contributed by atoms with Crippen LogP contribution in [0.5, 0.6) is 5.75 Å². The minimum absolute atomic E-state index is 0.00552. The van der Waals surface area contributed by atoms with Gasteiger partial charge in [0.25, 0.3) is 5.91 Å². The Balaban J connectivity index is 1.43. The molecule has 2 aromatic rings. The maximum absolute atomic E-state index is 12.9. The lowest BCUT2D eigenvalue weighted by atomic mass is 10.0. The molecule has 1 aromatic carbocycles. The first-order valence-corrected chi connectivity index (χ1v) is 12.4. The molecule has 1 aromatic heterocycles. The molecule has 8 nitrogen and oxygen atoms in total. The van der Waals surface area contributed by atoms with Crippen LogP contribution in [0.4, 0.5) is 5.69 Å². The maximum Gasteiger partial charge on any atom is 0.257 e. The molecule has 0 aliphatic carbocycles. The molecule has 2 saturated heterocycles. The van der Waals surface area contributed by atoms with Crippen LogP contribution in [-0.4, -0.2) is 72.6 Å². The molecule has 2 aliphatic rings. The molecule has 0 spiro atoms. The van der Waals surface area contributed by atoms with Crippen molar-refractivity contribution in [2.45, 2.75) is 39.8 Å². The second-order valence-electron chi connectivity index (χ2n) is 9.38. The molecule has 0 radical (unpaired) electrons. The number of anilines is 1. The predicted octanol–water partition coefficient (Wildman–Crippen LogP) is 3.68. The van der Waals surface area contributed by atoms with Gasteiger partial charge >= 0.3 is 0 Å². The smallest absolute Gasteiger partial charge is 0.257 e. The van der Waals surface area contributed by atoms with E-state index in [0.29, 0.717) is 48.3 Å². The third-order valence-electron chi connectivity index (χ3n) is 6.92. The number of amides is 2. The van der Waals surface area contributed by atoms with Gasteiger partial charge in [-0.05, 0) is 56.5 Å². The molecule has 3 heterocycles. The number of hydrogen-bond acceptors (Lipinski definition) is 6. The minimum atomic E-state index is -0.274. The lowest BCUT2D eigenvalue weighted by molar-refractivity contribution is -0.140. The van der Waals surface area contributed by atoms with E-state index in [-0.39, 0.29) is 23.8 Å². The summed E-state index contributed by atoms with van der Waals surface area (Å²) in [5.74, 6) is 0.493. The van der Waals surface area contributed by atoms with E-state index in [1.807, 2.05) is 24.8 Å². The second-order valence-corrected chi connectivity index (χ2v) is 9.82. The van der Waals surface area contributed by atoms with Crippen LogP contribution in [-0.2, 0) is 16.1 Å². The van der Waals surface area contributed by atoms with Gasteiger partial charge in [-0.2, -0.15) is 0 Å². The highest BCUT2D eigenvalue weighted by Crippen LogP contribution is 2.28. The second kappa shape index (κ2) is 10.9. The van der Waals surface area contributed by atoms with E-state index in [1.165, 1.54) is 6.20 Å². The van der Waals surface area contributed by atoms with Crippen molar-refractivity contribution < 1.29 is 19.1 Å². The zero-order valence-corrected chi connectivity index (χ0v) is 21.5. The van der Waals surface area contributed by atoms with E-state index in [2.05, 4.69) is 22.1 Å². The lowest BCUT2D eigenvalue weighted by Gasteiger charge is -2.41. The molecule has 2 fully saturated rings. The summed E-state index contributed by atoms with van der Waals surface area (Å²) < 4.78 is 10.7. The van der Waals surface area contributed by atoms with Crippen LogP contribution < -0.4 is 10.1 Å². The number of pyridine rings is 1. The van der Waals surface area contributed by atoms with Gasteiger partial charge in [-0.25, -0.2) is 0 Å². The Morgan fingerprint density at radius 2 is 2.06 bits per heavy atom. The average Bonchev–Trinajstić information content (AvgIpc) is 3.37. The number of methoxy groups -OCH3 is 1. The molecule has 35 heavy (non-hydrogen) atoms. The Hall–Kier alpha value is -2.68. The summed E-state index contributed by atoms with van der Waals surface area (Å²) in [4.78, 5) is 34.3. The van der Waals surface area contributed by atoms with Crippen LogP contribution in [0.1, 0.15) is 40.5 Å². The fraction of sp³-hybridized carbons (Fsp3) is 0.500. The summed E-state index contributed by atoms with van der Waals surface area (Å²) in [6, 6.07) is 5.51. The third kappa shape index (κ3) is 5.77. The normalized spacial score (nSPS) is 20.7. The highest BCUT2D eigenvalue weighted by Gasteiger charge is 2.33. The quantitative estimate of drug-likeness (QED) is 0.651. The molecule has 0 bridgehead atoms. The fourth-order valence-electron chi connectivity index (χ4n) is 4.78. The van der Waals surface area contributed by atoms with Gasteiger partial charge in [0.05, 0.1) is 30.9 Å². The van der Waals surface area contributed by atoms with Gasteiger partial charge in [-0.15, -0.1) is 0 Å². The molecule has 1 N–H and O–H groups in total. The number of carbonyl (C=O) groups excluding carboxylic acids is 2. The zero-order chi connectivity index (χ0) is 25.1. The van der Waals surface area contributed by atoms with Gasteiger partial charge in [0.1, 0.15) is 5.75 Å². The molecule has 188 valence electrons. The number of nitrogens with zero attached hydrogens (tertiary/aromatic N) is 3. The van der Waals surface area contributed by atoms with Crippen molar-refractivity contribution in [3.05, 3.63) is 51.8 Å². The number of benzene rings is 1. The maximum atomic E-state index is 12.9. The van der Waals surface area contributed by atoms with E-state index in [0.717, 1.165) is 36.3 Å². The van der Waals surface area contributed by atoms with Gasteiger partial charge in [-0.3, -0.25) is 19.5 Å². The van der Waals surface area contributed by atoms with Crippen molar-refractivity contribution in [2.24, 2.45) is 5.92 Å². The summed E-state index contributed by atoms with van der Waals surface area (Å²) in [5, 5.41) is 3.53. The fourth-order valence-corrected chi connectivity index (χ4v) is 5.02. The standard InChI is InChI=1S/C26H33ClN4O4/c1-16-13-30(6-7-31(16)26(33)19-5-8-35-15-19)14-21-9-22(27)11-23(17(21)2)29-25(32)20-10-24(34-4)18(3)28-12-20/h9-12,16,19H,5-8,13-15H2,1-4H3,(H,29,32)/t16-,19+/m0/s1. The molecule has 0 unspecified atom stereocenters. The van der Waals surface area contributed by atoms with Gasteiger partial charge in [0, 0.05) is 55.7 Å². The van der Waals surface area contributed by atoms with Gasteiger partial charge in [0.2, 0.25) is 5.91 Å². The minimum Gasteiger partial charge on any atom is -0.495 e. The molecular formula is C26H33ClN4O4. The largest absolute Gasteiger partial charge is 0.495 e. The number of ether oxygens (including phenoxy) is 2. The zero-order valence-electron chi connectivity index (χ0n) is 20.8. The van der Waals surface area contributed by atoms with Crippen LogP contribution in [0.25, 0.3) is 0 Å². The van der Waals surface area contributed by atoms with E-state index < -0.39 is 0 Å². The SMILES string of the molecule is COc1cc(C(=O)Nc2cc(Cl)cc(CN3CCN(C(=O)[C@@H]4CCOC4)[C@@H](C)C3)c2C)cnc1C. The molecule has 2 aliphatic heterocycles. The van der Waals surface area contributed by atoms with Crippen molar-refractivity contribution in [3.63, 3.8) is 0 Å². The molecular weight excluding hydrogens is 468 g/mol. The summed E-state index contributed by atoms with van der Waals surface area (Å²) in [7, 11) is 1.55. The number of piperazine rings is 1. The molecule has 0 saturated carbocycles. The van der Waals surface area contributed by atoms with Crippen molar-refractivity contribution >= 4 is 29.1 Å². The molecule has 2 amide bonds. The Morgan fingerprint density at radius 3 is 2.74 bits per heavy atom. The van der Waals surface area contributed by atoms with Crippen molar-refractivity contribution in [3.8, 4) is 5.75 Å². The predicted molar refractivity (Wildman–Crippen MR) is 135 cm³/mol. The van der Waals surface area contributed by atoms with Crippen LogP contribution >= 0.6 is 11.6 Å². The first-order valence-electron chi connectivity index (χ1n) is 12.0. The monoisotopic (exact) mass is 500 g/mol. The molecule has 9 heteroatoms. The number of halogens is 1. The molecule has 2 atom stereocenters. The summed E-state index contributed by atoms with van der Waals surface area (Å²) in [6.45, 7) is 10.1. The average molecular weight is 501 g/mol. The van der Waals surface area contributed by atoms with Gasteiger partial charge in [0.15, 0.2) is 0 Å². The van der Waals surface area contributed by atoms with Crippen LogP contribution in [0.3, 0.4) is 0 Å². The lowest BCUT2D eigenvalue weighted by Crippen LogP contribution is -2.55. The first-order chi connectivity index (χ1) is 16.8. The van der Waals surface area contributed by atoms with E-state index in [4.69, 9.17) is 21.1 Å². The topological polar surface area (TPSA) is 84.0 Å². The number of rotatable bonds is 6. The van der Waals surface area contributed by atoms with E-state index in [9.17, 15) is 9.59 Å². The van der Waals surface area contributed by atoms with Crippen molar-refractivity contribution in [2.75, 3.05) is 45.3 Å². The number of aryl methyl sites for hydroxylation is 1. The number of nitrogens with one attached hydrogen (secondary N) is 1. The van der Waals surface area contributed by atoms with Crippen molar-refractivity contribution in [1.82, 2.24) is 14.8 Å². The van der Waals surface area contributed by atoms with Crippen LogP contribution in [0.2, 0.25) is 5.02 Å². The van der Waals surface area contributed by atoms with E-state index in [1.54, 1.807) is 19.2 Å². The summed E-state index contributed by atoms with van der Waals surface area (Å²) >= 11 is 6.44. The van der Waals surface area contributed by atoms with Crippen molar-refractivity contribution in [1.29, 1.82) is 0 Å². The Labute approximate surface area is 211 Å². The highest BCUT2D eigenvalue weighted by atomic mass is 35.5. The molecule has 4 rings (SSSR count). The summed E-state index contributed by atoms with van der Waals surface area (Å²) in [5.41, 5.74) is 3.81. The van der Waals surface area contributed by atoms with Gasteiger partial charge < -0.3 is 19.7 Å². The highest BCUT2D eigenvalue weighted by molar-refractivity contribution is 6.31. The van der Waals surface area contributed by atoms with Crippen LogP contribution in [0, 0.1) is 19.8 Å². The number of aromatic nitrogens is 1. The third-order valence-corrected chi connectivity index (χ3v) is 7.14. The Bertz CT molecular complexity index is 1100.